The van der Waals surface area contributed by atoms with Crippen LogP contribution in [0.1, 0.15) is 20.3 Å². The number of aliphatic hydroxyl groups is 1. The SMILES string of the molecule is CC1CC(CO)OC(C)O1. The summed E-state index contributed by atoms with van der Waals surface area (Å²) in [4.78, 5) is 0. The molecular formula is C7H14O3. The highest BCUT2D eigenvalue weighted by Gasteiger charge is 2.23. The zero-order valence-corrected chi connectivity index (χ0v) is 6.41. The maximum atomic E-state index is 8.75. The van der Waals surface area contributed by atoms with Gasteiger partial charge in [0.25, 0.3) is 0 Å². The lowest BCUT2D eigenvalue weighted by Gasteiger charge is -2.31. The van der Waals surface area contributed by atoms with E-state index in [-0.39, 0.29) is 25.1 Å². The second-order valence-electron chi connectivity index (χ2n) is 2.69. The van der Waals surface area contributed by atoms with Gasteiger partial charge in [-0.05, 0) is 13.8 Å². The summed E-state index contributed by atoms with van der Waals surface area (Å²) in [6.45, 7) is 3.93. The van der Waals surface area contributed by atoms with Crippen LogP contribution < -0.4 is 0 Å². The average Bonchev–Trinajstić information content (AvgIpc) is 1.85. The molecule has 3 atom stereocenters. The van der Waals surface area contributed by atoms with Crippen LogP contribution in [0, 0.1) is 0 Å². The third kappa shape index (κ3) is 1.94. The lowest BCUT2D eigenvalue weighted by Crippen LogP contribution is -2.36. The van der Waals surface area contributed by atoms with Gasteiger partial charge >= 0.3 is 0 Å². The van der Waals surface area contributed by atoms with Crippen LogP contribution in [0.25, 0.3) is 0 Å². The Morgan fingerprint density at radius 3 is 2.60 bits per heavy atom. The molecule has 1 aliphatic rings. The van der Waals surface area contributed by atoms with Crippen molar-refractivity contribution in [3.05, 3.63) is 0 Å². The molecule has 0 aromatic heterocycles. The van der Waals surface area contributed by atoms with E-state index in [2.05, 4.69) is 0 Å². The summed E-state index contributed by atoms with van der Waals surface area (Å²) in [6.07, 6.45) is 0.807. The number of aliphatic hydroxyl groups excluding tert-OH is 1. The van der Waals surface area contributed by atoms with Crippen LogP contribution in [0.5, 0.6) is 0 Å². The van der Waals surface area contributed by atoms with E-state index < -0.39 is 0 Å². The van der Waals surface area contributed by atoms with Gasteiger partial charge < -0.3 is 14.6 Å². The Balaban J connectivity index is 2.35. The van der Waals surface area contributed by atoms with E-state index in [9.17, 15) is 0 Å². The molecular weight excluding hydrogens is 132 g/mol. The minimum Gasteiger partial charge on any atom is -0.394 e. The zero-order valence-electron chi connectivity index (χ0n) is 6.41. The first-order chi connectivity index (χ1) is 4.72. The largest absolute Gasteiger partial charge is 0.394 e. The first-order valence-corrected chi connectivity index (χ1v) is 3.64. The molecule has 0 aliphatic carbocycles. The lowest BCUT2D eigenvalue weighted by atomic mass is 10.1. The summed E-state index contributed by atoms with van der Waals surface area (Å²) >= 11 is 0. The van der Waals surface area contributed by atoms with Crippen molar-refractivity contribution < 1.29 is 14.6 Å². The van der Waals surface area contributed by atoms with Gasteiger partial charge in [-0.25, -0.2) is 0 Å². The lowest BCUT2D eigenvalue weighted by molar-refractivity contribution is -0.235. The van der Waals surface area contributed by atoms with Crippen LogP contribution in [0.4, 0.5) is 0 Å². The van der Waals surface area contributed by atoms with Gasteiger partial charge in [0.15, 0.2) is 6.29 Å². The van der Waals surface area contributed by atoms with Gasteiger partial charge in [0.1, 0.15) is 0 Å². The average molecular weight is 146 g/mol. The van der Waals surface area contributed by atoms with Gasteiger partial charge in [-0.1, -0.05) is 0 Å². The Morgan fingerprint density at radius 2 is 2.10 bits per heavy atom. The van der Waals surface area contributed by atoms with Crippen molar-refractivity contribution in [3.8, 4) is 0 Å². The smallest absolute Gasteiger partial charge is 0.155 e. The summed E-state index contributed by atoms with van der Waals surface area (Å²) in [7, 11) is 0. The predicted octanol–water partition coefficient (Wildman–Crippen LogP) is 0.519. The topological polar surface area (TPSA) is 38.7 Å². The van der Waals surface area contributed by atoms with Crippen molar-refractivity contribution in [1.82, 2.24) is 0 Å². The van der Waals surface area contributed by atoms with Gasteiger partial charge in [-0.3, -0.25) is 0 Å². The van der Waals surface area contributed by atoms with E-state index in [0.717, 1.165) is 6.42 Å². The standard InChI is InChI=1S/C7H14O3/c1-5-3-7(4-8)10-6(2)9-5/h5-8H,3-4H2,1-2H3. The van der Waals surface area contributed by atoms with Gasteiger partial charge in [0.05, 0.1) is 18.8 Å². The quantitative estimate of drug-likeness (QED) is 0.586. The molecule has 0 radical (unpaired) electrons. The van der Waals surface area contributed by atoms with E-state index in [1.165, 1.54) is 0 Å². The van der Waals surface area contributed by atoms with E-state index in [0.29, 0.717) is 0 Å². The number of rotatable bonds is 1. The summed E-state index contributed by atoms with van der Waals surface area (Å²) in [5.74, 6) is 0. The summed E-state index contributed by atoms with van der Waals surface area (Å²) in [5, 5.41) is 8.75. The summed E-state index contributed by atoms with van der Waals surface area (Å²) in [6, 6.07) is 0. The molecule has 1 fully saturated rings. The van der Waals surface area contributed by atoms with Crippen molar-refractivity contribution in [1.29, 1.82) is 0 Å². The Hall–Kier alpha value is -0.120. The highest BCUT2D eigenvalue weighted by atomic mass is 16.7. The van der Waals surface area contributed by atoms with Crippen molar-refractivity contribution >= 4 is 0 Å². The van der Waals surface area contributed by atoms with E-state index >= 15 is 0 Å². The van der Waals surface area contributed by atoms with Crippen molar-refractivity contribution in [2.24, 2.45) is 0 Å². The molecule has 1 N–H and O–H groups in total. The number of hydrogen-bond acceptors (Lipinski definition) is 3. The molecule has 0 bridgehead atoms. The van der Waals surface area contributed by atoms with Crippen LogP contribution in [-0.4, -0.2) is 30.2 Å². The monoisotopic (exact) mass is 146 g/mol. The number of ether oxygens (including phenoxy) is 2. The fraction of sp³-hybridized carbons (Fsp3) is 1.00. The van der Waals surface area contributed by atoms with Gasteiger partial charge in [-0.15, -0.1) is 0 Å². The zero-order chi connectivity index (χ0) is 7.56. The maximum Gasteiger partial charge on any atom is 0.155 e. The van der Waals surface area contributed by atoms with Gasteiger partial charge in [0.2, 0.25) is 0 Å². The van der Waals surface area contributed by atoms with Crippen molar-refractivity contribution in [2.75, 3.05) is 6.61 Å². The predicted molar refractivity (Wildman–Crippen MR) is 36.6 cm³/mol. The summed E-state index contributed by atoms with van der Waals surface area (Å²) < 4.78 is 10.5. The molecule has 1 aliphatic heterocycles. The van der Waals surface area contributed by atoms with Crippen LogP contribution >= 0.6 is 0 Å². The van der Waals surface area contributed by atoms with E-state index in [4.69, 9.17) is 14.6 Å². The molecule has 0 spiro atoms. The number of hydrogen-bond donors (Lipinski definition) is 1. The van der Waals surface area contributed by atoms with Crippen LogP contribution in [0.15, 0.2) is 0 Å². The Bertz CT molecular complexity index is 95.0. The normalized spacial score (nSPS) is 41.7. The van der Waals surface area contributed by atoms with Crippen LogP contribution in [0.2, 0.25) is 0 Å². The fourth-order valence-corrected chi connectivity index (χ4v) is 1.23. The van der Waals surface area contributed by atoms with Crippen molar-refractivity contribution in [2.45, 2.75) is 38.8 Å². The molecule has 0 aromatic carbocycles. The Kier molecular flexibility index (Phi) is 2.65. The Morgan fingerprint density at radius 1 is 1.40 bits per heavy atom. The minimum absolute atomic E-state index is 0.0289. The third-order valence-corrected chi connectivity index (χ3v) is 1.61. The molecule has 60 valence electrons. The molecule has 3 unspecified atom stereocenters. The third-order valence-electron chi connectivity index (χ3n) is 1.61. The molecule has 0 saturated carbocycles. The molecule has 10 heavy (non-hydrogen) atoms. The minimum atomic E-state index is -0.166. The highest BCUT2D eigenvalue weighted by Crippen LogP contribution is 2.16. The Labute approximate surface area is 60.9 Å². The van der Waals surface area contributed by atoms with Crippen molar-refractivity contribution in [3.63, 3.8) is 0 Å². The van der Waals surface area contributed by atoms with Gasteiger partial charge in [0, 0.05) is 6.42 Å². The highest BCUT2D eigenvalue weighted by molar-refractivity contribution is 4.66. The first-order valence-electron chi connectivity index (χ1n) is 3.64. The molecule has 0 amide bonds. The van der Waals surface area contributed by atoms with Crippen LogP contribution in [-0.2, 0) is 9.47 Å². The molecule has 3 heteroatoms. The molecule has 3 nitrogen and oxygen atoms in total. The second-order valence-corrected chi connectivity index (χ2v) is 2.69. The first kappa shape index (κ1) is 7.98. The van der Waals surface area contributed by atoms with E-state index in [1.54, 1.807) is 0 Å². The fourth-order valence-electron chi connectivity index (χ4n) is 1.23. The molecule has 0 aromatic rings. The van der Waals surface area contributed by atoms with E-state index in [1.807, 2.05) is 13.8 Å². The maximum absolute atomic E-state index is 8.75. The van der Waals surface area contributed by atoms with Gasteiger partial charge in [-0.2, -0.15) is 0 Å². The molecule has 1 saturated heterocycles. The summed E-state index contributed by atoms with van der Waals surface area (Å²) in [5.41, 5.74) is 0. The van der Waals surface area contributed by atoms with Crippen LogP contribution in [0.3, 0.4) is 0 Å². The molecule has 1 heterocycles. The second kappa shape index (κ2) is 3.32. The molecule has 1 rings (SSSR count).